The molecule has 1 fully saturated rings. The highest BCUT2D eigenvalue weighted by Crippen LogP contribution is 2.25. The number of carbonyl (C=O) groups excluding carboxylic acids is 1. The van der Waals surface area contributed by atoms with Crippen LogP contribution >= 0.6 is 0 Å². The predicted molar refractivity (Wildman–Crippen MR) is 98.8 cm³/mol. The molecule has 0 saturated carbocycles. The molecule has 4 nitrogen and oxygen atoms in total. The number of hydrogen-bond donors (Lipinski definition) is 1. The van der Waals surface area contributed by atoms with Crippen LogP contribution in [0.25, 0.3) is 0 Å². The number of anilines is 2. The van der Waals surface area contributed by atoms with Crippen molar-refractivity contribution in [3.63, 3.8) is 0 Å². The summed E-state index contributed by atoms with van der Waals surface area (Å²) in [6.45, 7) is 6.35. The number of rotatable bonds is 4. The Labute approximate surface area is 143 Å². The number of aromatic nitrogens is 1. The van der Waals surface area contributed by atoms with Gasteiger partial charge in [0.2, 0.25) is 0 Å². The molecule has 0 spiro atoms. The van der Waals surface area contributed by atoms with Crippen molar-refractivity contribution in [1.82, 2.24) is 4.98 Å². The first-order chi connectivity index (χ1) is 11.6. The van der Waals surface area contributed by atoms with Crippen LogP contribution in [0.1, 0.15) is 54.9 Å². The van der Waals surface area contributed by atoms with E-state index in [1.165, 1.54) is 19.3 Å². The zero-order chi connectivity index (χ0) is 16.9. The molecule has 1 amide bonds. The molecule has 0 atom stereocenters. The maximum absolute atomic E-state index is 12.7. The summed E-state index contributed by atoms with van der Waals surface area (Å²) in [5.41, 5.74) is 3.67. The lowest BCUT2D eigenvalue weighted by Gasteiger charge is -2.28. The second kappa shape index (κ2) is 7.47. The molecule has 0 bridgehead atoms. The van der Waals surface area contributed by atoms with Crippen molar-refractivity contribution < 1.29 is 4.79 Å². The second-order valence-corrected chi connectivity index (χ2v) is 6.68. The highest BCUT2D eigenvalue weighted by atomic mass is 16.1. The maximum atomic E-state index is 12.7. The van der Waals surface area contributed by atoms with Crippen LogP contribution in [0.5, 0.6) is 0 Å². The smallest absolute Gasteiger partial charge is 0.257 e. The van der Waals surface area contributed by atoms with E-state index in [2.05, 4.69) is 35.1 Å². The lowest BCUT2D eigenvalue weighted by Crippen LogP contribution is -2.29. The fourth-order valence-corrected chi connectivity index (χ4v) is 3.19. The summed E-state index contributed by atoms with van der Waals surface area (Å²) >= 11 is 0. The molecular formula is C20H25N3O. The fourth-order valence-electron chi connectivity index (χ4n) is 3.19. The molecule has 1 saturated heterocycles. The van der Waals surface area contributed by atoms with Crippen LogP contribution in [0.4, 0.5) is 11.4 Å². The van der Waals surface area contributed by atoms with E-state index in [1.54, 1.807) is 6.20 Å². The average Bonchev–Trinajstić information content (AvgIpc) is 2.63. The highest BCUT2D eigenvalue weighted by Gasteiger charge is 2.15. The normalized spacial score (nSPS) is 14.7. The average molecular weight is 323 g/mol. The second-order valence-electron chi connectivity index (χ2n) is 6.68. The summed E-state index contributed by atoms with van der Waals surface area (Å²) in [5, 5.41) is 3.04. The Morgan fingerprint density at radius 3 is 2.62 bits per heavy atom. The first-order valence-corrected chi connectivity index (χ1v) is 8.75. The van der Waals surface area contributed by atoms with Crippen LogP contribution in [0.15, 0.2) is 42.7 Å². The largest absolute Gasteiger partial charge is 0.370 e. The molecule has 0 radical (unpaired) electrons. The lowest BCUT2D eigenvalue weighted by molar-refractivity contribution is 0.102. The third-order valence-electron chi connectivity index (χ3n) is 4.54. The van der Waals surface area contributed by atoms with Crippen molar-refractivity contribution in [2.24, 2.45) is 0 Å². The minimum atomic E-state index is -0.102. The number of carbonyl (C=O) groups is 1. The number of piperidine rings is 1. The van der Waals surface area contributed by atoms with Gasteiger partial charge in [0.1, 0.15) is 0 Å². The number of benzene rings is 1. The first kappa shape index (κ1) is 16.5. The van der Waals surface area contributed by atoms with Crippen molar-refractivity contribution in [2.75, 3.05) is 23.3 Å². The van der Waals surface area contributed by atoms with Gasteiger partial charge in [0, 0.05) is 25.0 Å². The van der Waals surface area contributed by atoms with Crippen molar-refractivity contribution in [3.05, 3.63) is 53.9 Å². The molecule has 24 heavy (non-hydrogen) atoms. The molecule has 1 aromatic carbocycles. The minimum Gasteiger partial charge on any atom is -0.370 e. The standard InChI is InChI=1S/C20H25N3O/c1-15(2)18-8-4-5-9-19(18)22-20(24)16-12-17(14-21-13-16)23-10-6-3-7-11-23/h4-5,8-9,12-15H,3,6-7,10-11H2,1-2H3,(H,22,24). The molecule has 1 aliphatic heterocycles. The Morgan fingerprint density at radius 2 is 1.88 bits per heavy atom. The number of hydrogen-bond acceptors (Lipinski definition) is 3. The summed E-state index contributed by atoms with van der Waals surface area (Å²) in [7, 11) is 0. The van der Waals surface area contributed by atoms with Crippen LogP contribution in [0, 0.1) is 0 Å². The van der Waals surface area contributed by atoms with E-state index in [0.29, 0.717) is 11.5 Å². The quantitative estimate of drug-likeness (QED) is 0.904. The van der Waals surface area contributed by atoms with Crippen LogP contribution in [-0.4, -0.2) is 24.0 Å². The molecule has 0 aliphatic carbocycles. The number of nitrogens with zero attached hydrogens (tertiary/aromatic N) is 2. The fraction of sp³-hybridized carbons (Fsp3) is 0.400. The van der Waals surface area contributed by atoms with Gasteiger partial charge in [-0.05, 0) is 42.9 Å². The number of nitrogens with one attached hydrogen (secondary N) is 1. The SMILES string of the molecule is CC(C)c1ccccc1NC(=O)c1cncc(N2CCCCC2)c1. The van der Waals surface area contributed by atoms with Crippen LogP contribution < -0.4 is 10.2 Å². The van der Waals surface area contributed by atoms with Gasteiger partial charge < -0.3 is 10.2 Å². The van der Waals surface area contributed by atoms with E-state index in [9.17, 15) is 4.79 Å². The monoisotopic (exact) mass is 323 g/mol. The van der Waals surface area contributed by atoms with Gasteiger partial charge in [-0.15, -0.1) is 0 Å². The van der Waals surface area contributed by atoms with E-state index in [4.69, 9.17) is 0 Å². The molecule has 1 aromatic heterocycles. The third kappa shape index (κ3) is 3.75. The van der Waals surface area contributed by atoms with Crippen LogP contribution in [0.3, 0.4) is 0 Å². The molecule has 126 valence electrons. The Balaban J connectivity index is 1.78. The number of pyridine rings is 1. The van der Waals surface area contributed by atoms with Gasteiger partial charge in [0.15, 0.2) is 0 Å². The molecule has 4 heteroatoms. The predicted octanol–water partition coefficient (Wildman–Crippen LogP) is 4.45. The van der Waals surface area contributed by atoms with Gasteiger partial charge in [-0.1, -0.05) is 32.0 Å². The Kier molecular flexibility index (Phi) is 5.14. The maximum Gasteiger partial charge on any atom is 0.257 e. The Bertz CT molecular complexity index is 706. The molecule has 2 heterocycles. The van der Waals surface area contributed by atoms with Crippen LogP contribution in [0.2, 0.25) is 0 Å². The van der Waals surface area contributed by atoms with Gasteiger partial charge in [0.05, 0.1) is 17.4 Å². The third-order valence-corrected chi connectivity index (χ3v) is 4.54. The zero-order valence-electron chi connectivity index (χ0n) is 14.5. The molecule has 1 aliphatic rings. The van der Waals surface area contributed by atoms with Gasteiger partial charge in [0.25, 0.3) is 5.91 Å². The first-order valence-electron chi connectivity index (χ1n) is 8.75. The van der Waals surface area contributed by atoms with E-state index >= 15 is 0 Å². The van der Waals surface area contributed by atoms with E-state index in [-0.39, 0.29) is 5.91 Å². The number of para-hydroxylation sites is 1. The van der Waals surface area contributed by atoms with E-state index in [1.807, 2.05) is 30.5 Å². The summed E-state index contributed by atoms with van der Waals surface area (Å²) in [4.78, 5) is 19.2. The van der Waals surface area contributed by atoms with Gasteiger partial charge in [-0.25, -0.2) is 0 Å². The van der Waals surface area contributed by atoms with Gasteiger partial charge in [-0.3, -0.25) is 9.78 Å². The minimum absolute atomic E-state index is 0.102. The van der Waals surface area contributed by atoms with Crippen molar-refractivity contribution in [2.45, 2.75) is 39.0 Å². The summed E-state index contributed by atoms with van der Waals surface area (Å²) in [5.74, 6) is 0.258. The van der Waals surface area contributed by atoms with Gasteiger partial charge in [-0.2, -0.15) is 0 Å². The Morgan fingerprint density at radius 1 is 1.12 bits per heavy atom. The Hall–Kier alpha value is -2.36. The summed E-state index contributed by atoms with van der Waals surface area (Å²) in [6.07, 6.45) is 7.19. The van der Waals surface area contributed by atoms with Crippen LogP contribution in [-0.2, 0) is 0 Å². The summed E-state index contributed by atoms with van der Waals surface area (Å²) in [6, 6.07) is 9.91. The van der Waals surface area contributed by atoms with E-state index in [0.717, 1.165) is 30.0 Å². The number of amides is 1. The van der Waals surface area contributed by atoms with E-state index < -0.39 is 0 Å². The summed E-state index contributed by atoms with van der Waals surface area (Å²) < 4.78 is 0. The molecule has 2 aromatic rings. The molecular weight excluding hydrogens is 298 g/mol. The molecule has 0 unspecified atom stereocenters. The zero-order valence-corrected chi connectivity index (χ0v) is 14.5. The van der Waals surface area contributed by atoms with Gasteiger partial charge >= 0.3 is 0 Å². The lowest BCUT2D eigenvalue weighted by atomic mass is 10.0. The molecule has 1 N–H and O–H groups in total. The van der Waals surface area contributed by atoms with Crippen molar-refractivity contribution >= 4 is 17.3 Å². The molecule has 3 rings (SSSR count). The van der Waals surface area contributed by atoms with Crippen molar-refractivity contribution in [3.8, 4) is 0 Å². The van der Waals surface area contributed by atoms with Crippen molar-refractivity contribution in [1.29, 1.82) is 0 Å². The topological polar surface area (TPSA) is 45.2 Å². The highest BCUT2D eigenvalue weighted by molar-refractivity contribution is 6.05.